The predicted molar refractivity (Wildman–Crippen MR) is 72.2 cm³/mol. The Balaban J connectivity index is 2.88. The first-order valence-corrected chi connectivity index (χ1v) is 6.35. The van der Waals surface area contributed by atoms with Crippen LogP contribution in [0.3, 0.4) is 0 Å². The molecule has 0 heterocycles. The maximum absolute atomic E-state index is 10.9. The molecule has 2 unspecified atom stereocenters. The first-order chi connectivity index (χ1) is 8.85. The first kappa shape index (κ1) is 15.3. The molecule has 0 aliphatic rings. The molecule has 5 heteroatoms. The van der Waals surface area contributed by atoms with Gasteiger partial charge in [0.05, 0.1) is 5.92 Å². The second-order valence-corrected chi connectivity index (χ2v) is 4.79. The summed E-state index contributed by atoms with van der Waals surface area (Å²) in [6.45, 7) is 6.65. The second-order valence-electron chi connectivity index (χ2n) is 4.79. The molecule has 0 aliphatic carbocycles. The highest BCUT2D eigenvalue weighted by Crippen LogP contribution is 2.28. The van der Waals surface area contributed by atoms with Crippen molar-refractivity contribution in [2.45, 2.75) is 26.8 Å². The Labute approximate surface area is 113 Å². The van der Waals surface area contributed by atoms with Gasteiger partial charge in [0.25, 0.3) is 0 Å². The molecule has 106 valence electrons. The van der Waals surface area contributed by atoms with Crippen LogP contribution in [-0.4, -0.2) is 39.3 Å². The minimum absolute atomic E-state index is 0.00388. The molecule has 0 aliphatic heterocycles. The minimum Gasteiger partial charge on any atom is -0.508 e. The standard InChI is InChI=1S/C14H21NO4/c1-4-15(8-9(2)14(18)19)10(3)11-5-12(16)7-13(17)6-11/h5-7,9-10,16-17H,4,8H2,1-3H3,(H,18,19). The van der Waals surface area contributed by atoms with Crippen LogP contribution in [0.25, 0.3) is 0 Å². The van der Waals surface area contributed by atoms with Crippen molar-refractivity contribution >= 4 is 5.97 Å². The van der Waals surface area contributed by atoms with E-state index in [1.807, 2.05) is 18.7 Å². The van der Waals surface area contributed by atoms with E-state index < -0.39 is 11.9 Å². The lowest BCUT2D eigenvalue weighted by molar-refractivity contribution is -0.141. The lowest BCUT2D eigenvalue weighted by Crippen LogP contribution is -2.33. The average molecular weight is 267 g/mol. The third-order valence-corrected chi connectivity index (χ3v) is 3.29. The van der Waals surface area contributed by atoms with Gasteiger partial charge in [-0.05, 0) is 31.2 Å². The molecular weight excluding hydrogens is 246 g/mol. The number of aliphatic carboxylic acids is 1. The Kier molecular flexibility index (Phi) is 5.18. The van der Waals surface area contributed by atoms with Crippen molar-refractivity contribution in [1.29, 1.82) is 0 Å². The fourth-order valence-electron chi connectivity index (χ4n) is 2.06. The highest BCUT2D eigenvalue weighted by atomic mass is 16.4. The number of carbonyl (C=O) groups is 1. The molecule has 0 amide bonds. The van der Waals surface area contributed by atoms with E-state index in [0.717, 1.165) is 5.56 Å². The van der Waals surface area contributed by atoms with Crippen LogP contribution in [0, 0.1) is 5.92 Å². The summed E-state index contributed by atoms with van der Waals surface area (Å²) in [6, 6.07) is 4.35. The summed E-state index contributed by atoms with van der Waals surface area (Å²) in [5.74, 6) is -1.29. The van der Waals surface area contributed by atoms with E-state index in [4.69, 9.17) is 5.11 Å². The Bertz CT molecular complexity index is 427. The molecule has 3 N–H and O–H groups in total. The minimum atomic E-state index is -0.829. The van der Waals surface area contributed by atoms with Crippen molar-refractivity contribution < 1.29 is 20.1 Å². The number of phenols is 2. The SMILES string of the molecule is CCN(CC(C)C(=O)O)C(C)c1cc(O)cc(O)c1. The molecular formula is C14H21NO4. The number of carboxylic acid groups (broad SMARTS) is 1. The van der Waals surface area contributed by atoms with Gasteiger partial charge in [-0.25, -0.2) is 0 Å². The average Bonchev–Trinajstić information content (AvgIpc) is 2.33. The van der Waals surface area contributed by atoms with Gasteiger partial charge >= 0.3 is 5.97 Å². The van der Waals surface area contributed by atoms with Gasteiger partial charge in [-0.2, -0.15) is 0 Å². The van der Waals surface area contributed by atoms with Gasteiger partial charge in [-0.15, -0.1) is 0 Å². The Morgan fingerprint density at radius 1 is 1.21 bits per heavy atom. The number of nitrogens with zero attached hydrogens (tertiary/aromatic N) is 1. The van der Waals surface area contributed by atoms with Gasteiger partial charge in [-0.1, -0.05) is 13.8 Å². The first-order valence-electron chi connectivity index (χ1n) is 6.35. The van der Waals surface area contributed by atoms with Crippen LogP contribution in [0.4, 0.5) is 0 Å². The molecule has 0 saturated carbocycles. The molecule has 0 saturated heterocycles. The normalized spacial score (nSPS) is 14.3. The topological polar surface area (TPSA) is 81.0 Å². The molecule has 1 aromatic carbocycles. The Morgan fingerprint density at radius 3 is 2.16 bits per heavy atom. The maximum atomic E-state index is 10.9. The molecule has 0 aromatic heterocycles. The summed E-state index contributed by atoms with van der Waals surface area (Å²) in [4.78, 5) is 12.9. The Hall–Kier alpha value is -1.75. The Morgan fingerprint density at radius 2 is 1.74 bits per heavy atom. The predicted octanol–water partition coefficient (Wildman–Crippen LogP) is 2.20. The van der Waals surface area contributed by atoms with Gasteiger partial charge in [0.2, 0.25) is 0 Å². The van der Waals surface area contributed by atoms with Crippen molar-refractivity contribution in [2.24, 2.45) is 5.92 Å². The smallest absolute Gasteiger partial charge is 0.307 e. The van der Waals surface area contributed by atoms with E-state index in [2.05, 4.69) is 0 Å². The van der Waals surface area contributed by atoms with Crippen LogP contribution in [0.15, 0.2) is 18.2 Å². The summed E-state index contributed by atoms with van der Waals surface area (Å²) < 4.78 is 0. The van der Waals surface area contributed by atoms with Crippen LogP contribution in [0.5, 0.6) is 11.5 Å². The number of rotatable bonds is 6. The summed E-state index contributed by atoms with van der Waals surface area (Å²) in [7, 11) is 0. The van der Waals surface area contributed by atoms with Crippen molar-refractivity contribution in [3.63, 3.8) is 0 Å². The molecule has 1 rings (SSSR count). The third-order valence-electron chi connectivity index (χ3n) is 3.29. The molecule has 0 spiro atoms. The van der Waals surface area contributed by atoms with Crippen LogP contribution in [0.1, 0.15) is 32.4 Å². The lowest BCUT2D eigenvalue weighted by Gasteiger charge is -2.29. The van der Waals surface area contributed by atoms with Crippen LogP contribution < -0.4 is 0 Å². The van der Waals surface area contributed by atoms with Gasteiger partial charge in [0, 0.05) is 18.7 Å². The van der Waals surface area contributed by atoms with Crippen LogP contribution in [0.2, 0.25) is 0 Å². The third kappa shape index (κ3) is 4.13. The number of carboxylic acids is 1. The molecule has 19 heavy (non-hydrogen) atoms. The van der Waals surface area contributed by atoms with E-state index in [0.29, 0.717) is 13.1 Å². The van der Waals surface area contributed by atoms with Gasteiger partial charge < -0.3 is 15.3 Å². The summed E-state index contributed by atoms with van der Waals surface area (Å²) in [5, 5.41) is 27.9. The van der Waals surface area contributed by atoms with Crippen LogP contribution >= 0.6 is 0 Å². The zero-order chi connectivity index (χ0) is 14.6. The molecule has 1 aromatic rings. The summed E-state index contributed by atoms with van der Waals surface area (Å²) in [6.07, 6.45) is 0. The van der Waals surface area contributed by atoms with Crippen molar-refractivity contribution in [2.75, 3.05) is 13.1 Å². The van der Waals surface area contributed by atoms with Gasteiger partial charge in [-0.3, -0.25) is 9.69 Å². The molecule has 2 atom stereocenters. The van der Waals surface area contributed by atoms with E-state index in [9.17, 15) is 15.0 Å². The summed E-state index contributed by atoms with van der Waals surface area (Å²) in [5.41, 5.74) is 0.761. The second kappa shape index (κ2) is 6.43. The van der Waals surface area contributed by atoms with E-state index in [-0.39, 0.29) is 17.5 Å². The quantitative estimate of drug-likeness (QED) is 0.736. The van der Waals surface area contributed by atoms with E-state index in [1.165, 1.54) is 6.07 Å². The van der Waals surface area contributed by atoms with E-state index in [1.54, 1.807) is 19.1 Å². The zero-order valence-electron chi connectivity index (χ0n) is 11.5. The number of benzene rings is 1. The highest BCUT2D eigenvalue weighted by molar-refractivity contribution is 5.69. The molecule has 0 fully saturated rings. The van der Waals surface area contributed by atoms with Gasteiger partial charge in [0.15, 0.2) is 0 Å². The zero-order valence-corrected chi connectivity index (χ0v) is 11.5. The number of aromatic hydroxyl groups is 2. The van der Waals surface area contributed by atoms with Crippen molar-refractivity contribution in [1.82, 2.24) is 4.90 Å². The maximum Gasteiger partial charge on any atom is 0.307 e. The largest absolute Gasteiger partial charge is 0.508 e. The number of hydrogen-bond acceptors (Lipinski definition) is 4. The lowest BCUT2D eigenvalue weighted by atomic mass is 10.0. The summed E-state index contributed by atoms with van der Waals surface area (Å²) >= 11 is 0. The number of hydrogen-bond donors (Lipinski definition) is 3. The fraction of sp³-hybridized carbons (Fsp3) is 0.500. The van der Waals surface area contributed by atoms with Gasteiger partial charge in [0.1, 0.15) is 11.5 Å². The van der Waals surface area contributed by atoms with E-state index >= 15 is 0 Å². The molecule has 0 bridgehead atoms. The monoisotopic (exact) mass is 267 g/mol. The molecule has 5 nitrogen and oxygen atoms in total. The highest BCUT2D eigenvalue weighted by Gasteiger charge is 2.21. The van der Waals surface area contributed by atoms with Crippen LogP contribution in [-0.2, 0) is 4.79 Å². The van der Waals surface area contributed by atoms with Crippen molar-refractivity contribution in [3.05, 3.63) is 23.8 Å². The molecule has 0 radical (unpaired) electrons. The number of phenolic OH excluding ortho intramolecular Hbond substituents is 2. The van der Waals surface area contributed by atoms with Crippen molar-refractivity contribution in [3.8, 4) is 11.5 Å². The fourth-order valence-corrected chi connectivity index (χ4v) is 2.06.